The van der Waals surface area contributed by atoms with Gasteiger partial charge in [-0.2, -0.15) is 0 Å². The second-order valence-electron chi connectivity index (χ2n) is 10.0. The van der Waals surface area contributed by atoms with Gasteiger partial charge in [0.25, 0.3) is 5.91 Å². The molecule has 0 radical (unpaired) electrons. The number of methoxy groups -OCH3 is 2. The molecule has 1 aliphatic rings. The molecular weight excluding hydrogens is 508 g/mol. The van der Waals surface area contributed by atoms with Crippen molar-refractivity contribution < 1.29 is 23.4 Å². The van der Waals surface area contributed by atoms with Crippen LogP contribution in [0.15, 0.2) is 69.9 Å². The molecule has 1 amide bonds. The zero-order valence-electron chi connectivity index (χ0n) is 23.2. The molecule has 208 valence electrons. The van der Waals surface area contributed by atoms with Crippen molar-refractivity contribution in [3.8, 4) is 28.4 Å². The summed E-state index contributed by atoms with van der Waals surface area (Å²) in [5, 5.41) is 6.75. The lowest BCUT2D eigenvalue weighted by Gasteiger charge is -2.29. The van der Waals surface area contributed by atoms with Gasteiger partial charge in [-0.15, -0.1) is 0 Å². The van der Waals surface area contributed by atoms with Gasteiger partial charge in [0, 0.05) is 28.1 Å². The average molecular weight is 543 g/mol. The van der Waals surface area contributed by atoms with Crippen LogP contribution in [0.4, 0.5) is 5.69 Å². The van der Waals surface area contributed by atoms with Gasteiger partial charge in [-0.25, -0.2) is 4.79 Å². The van der Waals surface area contributed by atoms with Crippen LogP contribution in [0, 0.1) is 6.92 Å². The Hall–Kier alpha value is -4.30. The third-order valence-corrected chi connectivity index (χ3v) is 7.57. The maximum atomic E-state index is 13.2. The summed E-state index contributed by atoms with van der Waals surface area (Å²) < 4.78 is 22.8. The number of anilines is 1. The molecule has 0 bridgehead atoms. The second kappa shape index (κ2) is 11.8. The Bertz CT molecular complexity index is 1590. The van der Waals surface area contributed by atoms with Crippen LogP contribution in [0.5, 0.6) is 17.2 Å². The van der Waals surface area contributed by atoms with E-state index in [1.54, 1.807) is 38.5 Å². The number of fused-ring (bicyclic) bond motifs is 1. The van der Waals surface area contributed by atoms with Gasteiger partial charge in [0.15, 0.2) is 0 Å². The van der Waals surface area contributed by atoms with Gasteiger partial charge in [-0.1, -0.05) is 12.1 Å². The summed E-state index contributed by atoms with van der Waals surface area (Å²) in [6.45, 7) is 1.88. The van der Waals surface area contributed by atoms with Crippen LogP contribution in [0.1, 0.15) is 41.6 Å². The molecule has 0 saturated heterocycles. The van der Waals surface area contributed by atoms with E-state index in [0.29, 0.717) is 39.8 Å². The van der Waals surface area contributed by atoms with Crippen LogP contribution in [0.2, 0.25) is 0 Å². The van der Waals surface area contributed by atoms with Gasteiger partial charge in [0.05, 0.1) is 20.3 Å². The topological polar surface area (TPSA) is 99.0 Å². The van der Waals surface area contributed by atoms with Crippen LogP contribution >= 0.6 is 0 Å². The highest BCUT2D eigenvalue weighted by Crippen LogP contribution is 2.34. The average Bonchev–Trinajstić information content (AvgIpc) is 2.99. The molecule has 0 unspecified atom stereocenters. The van der Waals surface area contributed by atoms with Gasteiger partial charge >= 0.3 is 5.63 Å². The van der Waals surface area contributed by atoms with Crippen LogP contribution in [-0.2, 0) is 0 Å². The summed E-state index contributed by atoms with van der Waals surface area (Å²) in [4.78, 5) is 26.1. The summed E-state index contributed by atoms with van der Waals surface area (Å²) >= 11 is 0. The number of benzene rings is 3. The van der Waals surface area contributed by atoms with E-state index in [1.807, 2.05) is 50.4 Å². The number of hydrogen-bond acceptors (Lipinski definition) is 7. The Balaban J connectivity index is 1.38. The van der Waals surface area contributed by atoms with Gasteiger partial charge in [-0.05, 0) is 93.7 Å². The first kappa shape index (κ1) is 27.3. The zero-order valence-corrected chi connectivity index (χ0v) is 23.2. The Kier molecular flexibility index (Phi) is 8.07. The number of ether oxygens (including phenoxy) is 3. The minimum Gasteiger partial charge on any atom is -0.497 e. The van der Waals surface area contributed by atoms with E-state index >= 15 is 0 Å². The molecular formula is C32H34N2O6. The Morgan fingerprint density at radius 2 is 1.70 bits per heavy atom. The van der Waals surface area contributed by atoms with Gasteiger partial charge in [0.2, 0.25) is 0 Å². The van der Waals surface area contributed by atoms with Crippen molar-refractivity contribution in [1.82, 2.24) is 5.32 Å². The fraction of sp³-hybridized carbons (Fsp3) is 0.312. The Labute approximate surface area is 233 Å². The van der Waals surface area contributed by atoms with Gasteiger partial charge < -0.3 is 29.3 Å². The number of aryl methyl sites for hydroxylation is 1. The first-order valence-corrected chi connectivity index (χ1v) is 13.5. The van der Waals surface area contributed by atoms with Crippen molar-refractivity contribution in [2.75, 3.05) is 26.6 Å². The molecule has 0 aliphatic heterocycles. The molecule has 1 aromatic heterocycles. The Morgan fingerprint density at radius 3 is 2.42 bits per heavy atom. The van der Waals surface area contributed by atoms with Crippen LogP contribution in [0.3, 0.4) is 0 Å². The smallest absolute Gasteiger partial charge is 0.360 e. The summed E-state index contributed by atoms with van der Waals surface area (Å²) in [5.41, 5.74) is 2.58. The summed E-state index contributed by atoms with van der Waals surface area (Å²) in [6.07, 6.45) is 4.23. The quantitative estimate of drug-likeness (QED) is 0.266. The van der Waals surface area contributed by atoms with Crippen LogP contribution in [0.25, 0.3) is 22.1 Å². The van der Waals surface area contributed by atoms with Gasteiger partial charge in [-0.3, -0.25) is 4.79 Å². The van der Waals surface area contributed by atoms with Crippen molar-refractivity contribution in [3.63, 3.8) is 0 Å². The number of carbonyl (C=O) groups excluding carboxylic acids is 1. The molecule has 0 spiro atoms. The van der Waals surface area contributed by atoms with Crippen molar-refractivity contribution in [2.45, 2.75) is 44.8 Å². The molecule has 1 heterocycles. The number of amides is 1. The maximum Gasteiger partial charge on any atom is 0.360 e. The van der Waals surface area contributed by atoms with E-state index < -0.39 is 11.5 Å². The fourth-order valence-electron chi connectivity index (χ4n) is 5.23. The molecule has 8 heteroatoms. The standard InChI is InChI=1S/C32H34N2O6/c1-19-28(39-24-12-10-23(33-2)11-13-24)14-8-21-18-27(32(36)40-30(19)21)34-31(35)22-9-15-29(38-4)26(17-22)20-6-5-7-25(16-20)37-3/h5-9,14-18,23-24,33H,10-13H2,1-4H3,(H,34,35). The molecule has 0 atom stereocenters. The first-order valence-electron chi connectivity index (χ1n) is 13.5. The summed E-state index contributed by atoms with van der Waals surface area (Å²) in [5.74, 6) is 1.57. The van der Waals surface area contributed by atoms with Crippen molar-refractivity contribution in [1.29, 1.82) is 0 Å². The Morgan fingerprint density at radius 1 is 0.925 bits per heavy atom. The zero-order chi connectivity index (χ0) is 28.2. The monoisotopic (exact) mass is 542 g/mol. The fourth-order valence-corrected chi connectivity index (χ4v) is 5.23. The molecule has 4 aromatic rings. The molecule has 8 nitrogen and oxygen atoms in total. The van der Waals surface area contributed by atoms with E-state index in [9.17, 15) is 9.59 Å². The molecule has 1 aliphatic carbocycles. The van der Waals surface area contributed by atoms with Crippen molar-refractivity contribution in [3.05, 3.63) is 82.2 Å². The number of hydrogen-bond donors (Lipinski definition) is 2. The highest BCUT2D eigenvalue weighted by molar-refractivity contribution is 6.05. The molecule has 40 heavy (non-hydrogen) atoms. The molecule has 1 fully saturated rings. The summed E-state index contributed by atoms with van der Waals surface area (Å²) in [7, 11) is 5.17. The lowest BCUT2D eigenvalue weighted by atomic mass is 9.93. The second-order valence-corrected chi connectivity index (χ2v) is 10.0. The molecule has 5 rings (SSSR count). The minimum absolute atomic E-state index is 0.0645. The third-order valence-electron chi connectivity index (χ3n) is 7.57. The van der Waals surface area contributed by atoms with Gasteiger partial charge in [0.1, 0.15) is 28.5 Å². The molecule has 1 saturated carbocycles. The van der Waals surface area contributed by atoms with Crippen molar-refractivity contribution in [2.24, 2.45) is 0 Å². The summed E-state index contributed by atoms with van der Waals surface area (Å²) in [6, 6.07) is 18.5. The maximum absolute atomic E-state index is 13.2. The van der Waals surface area contributed by atoms with Crippen molar-refractivity contribution >= 4 is 22.6 Å². The van der Waals surface area contributed by atoms with E-state index in [0.717, 1.165) is 42.4 Å². The number of rotatable bonds is 8. The SMILES string of the molecule is CNC1CCC(Oc2ccc3cc(NC(=O)c4ccc(OC)c(-c5cccc(OC)c5)c4)c(=O)oc3c2C)CC1. The molecule has 3 aromatic carbocycles. The van der Waals surface area contributed by atoms with Crippen LogP contribution in [-0.4, -0.2) is 39.3 Å². The largest absolute Gasteiger partial charge is 0.497 e. The predicted octanol–water partition coefficient (Wildman–Crippen LogP) is 5.95. The first-order chi connectivity index (χ1) is 19.4. The number of nitrogens with one attached hydrogen (secondary N) is 2. The normalized spacial score (nSPS) is 16.9. The highest BCUT2D eigenvalue weighted by Gasteiger charge is 2.23. The lowest BCUT2D eigenvalue weighted by molar-refractivity contribution is 0.102. The number of carbonyl (C=O) groups is 1. The molecule has 2 N–H and O–H groups in total. The van der Waals surface area contributed by atoms with E-state index in [1.165, 1.54) is 0 Å². The highest BCUT2D eigenvalue weighted by atomic mass is 16.5. The van der Waals surface area contributed by atoms with Crippen LogP contribution < -0.4 is 30.5 Å². The lowest BCUT2D eigenvalue weighted by Crippen LogP contribution is -2.34. The minimum atomic E-state index is -0.628. The predicted molar refractivity (Wildman–Crippen MR) is 156 cm³/mol. The van der Waals surface area contributed by atoms with E-state index in [-0.39, 0.29) is 11.8 Å². The van der Waals surface area contributed by atoms with E-state index in [4.69, 9.17) is 18.6 Å². The van der Waals surface area contributed by atoms with E-state index in [2.05, 4.69) is 10.6 Å². The third kappa shape index (κ3) is 5.67.